The van der Waals surface area contributed by atoms with Gasteiger partial charge in [0.2, 0.25) is 0 Å². The summed E-state index contributed by atoms with van der Waals surface area (Å²) in [4.78, 5) is 0. The predicted molar refractivity (Wildman–Crippen MR) is 74.2 cm³/mol. The largest absolute Gasteiger partial charge is 0.314 e. The van der Waals surface area contributed by atoms with Gasteiger partial charge in [-0.25, -0.2) is 0 Å². The lowest BCUT2D eigenvalue weighted by Crippen LogP contribution is -2.39. The molecule has 0 aromatic rings. The summed E-state index contributed by atoms with van der Waals surface area (Å²) in [6, 6.07) is 2.03. The van der Waals surface area contributed by atoms with Gasteiger partial charge in [0.25, 0.3) is 0 Å². The van der Waals surface area contributed by atoms with Crippen molar-refractivity contribution in [2.24, 2.45) is 11.3 Å². The highest BCUT2D eigenvalue weighted by molar-refractivity contribution is 6.76. The van der Waals surface area contributed by atoms with E-state index in [1.165, 1.54) is 12.6 Å². The van der Waals surface area contributed by atoms with E-state index in [9.17, 15) is 0 Å². The smallest absolute Gasteiger partial charge is 0.0446 e. The summed E-state index contributed by atoms with van der Waals surface area (Å²) >= 11 is 0. The predicted octanol–water partition coefficient (Wildman–Crippen LogP) is 3.98. The molecule has 0 aromatic heterocycles. The van der Waals surface area contributed by atoms with Gasteiger partial charge in [0.05, 0.1) is 0 Å². The molecule has 0 aliphatic rings. The summed E-state index contributed by atoms with van der Waals surface area (Å²) in [5.41, 5.74) is 0.433. The lowest BCUT2D eigenvalue weighted by molar-refractivity contribution is 0.246. The second-order valence-electron chi connectivity index (χ2n) is 7.39. The van der Waals surface area contributed by atoms with Crippen molar-refractivity contribution in [3.63, 3.8) is 0 Å². The normalized spacial score (nSPS) is 15.8. The molecule has 0 saturated heterocycles. The van der Waals surface area contributed by atoms with Crippen LogP contribution in [0.3, 0.4) is 0 Å². The summed E-state index contributed by atoms with van der Waals surface area (Å²) in [6.45, 7) is 20.2. The van der Waals surface area contributed by atoms with Crippen LogP contribution < -0.4 is 5.32 Å². The molecule has 0 amide bonds. The molecule has 1 N–H and O–H groups in total. The molecule has 1 unspecified atom stereocenters. The third kappa shape index (κ3) is 8.03. The quantitative estimate of drug-likeness (QED) is 0.703. The van der Waals surface area contributed by atoms with Crippen molar-refractivity contribution < 1.29 is 0 Å². The van der Waals surface area contributed by atoms with Crippen LogP contribution in [0.15, 0.2) is 0 Å². The Morgan fingerprint density at radius 3 is 1.80 bits per heavy atom. The maximum atomic E-state index is 3.60. The molecule has 0 bridgehead atoms. The molecule has 15 heavy (non-hydrogen) atoms. The Labute approximate surface area is 98.0 Å². The first kappa shape index (κ1) is 15.2. The first-order valence-electron chi connectivity index (χ1n) is 6.26. The van der Waals surface area contributed by atoms with Crippen molar-refractivity contribution in [2.45, 2.75) is 66.3 Å². The van der Waals surface area contributed by atoms with Crippen molar-refractivity contribution in [3.8, 4) is 0 Å². The SMILES string of the molecule is CC(C)NCC(C[Si](C)(C)C)C(C)(C)C. The van der Waals surface area contributed by atoms with Gasteiger partial charge in [0.15, 0.2) is 0 Å². The molecular formula is C13H31NSi. The maximum Gasteiger partial charge on any atom is 0.0446 e. The zero-order valence-electron chi connectivity index (χ0n) is 12.1. The average Bonchev–Trinajstić information content (AvgIpc) is 1.93. The highest BCUT2D eigenvalue weighted by Crippen LogP contribution is 2.32. The minimum atomic E-state index is -0.942. The lowest BCUT2D eigenvalue weighted by atomic mass is 9.82. The van der Waals surface area contributed by atoms with Gasteiger partial charge >= 0.3 is 0 Å². The van der Waals surface area contributed by atoms with E-state index in [0.29, 0.717) is 11.5 Å². The molecular weight excluding hydrogens is 198 g/mol. The standard InChI is InChI=1S/C13H31NSi/c1-11(2)14-9-12(13(3,4)5)10-15(6,7)8/h11-12,14H,9-10H2,1-8H3. The molecule has 92 valence electrons. The van der Waals surface area contributed by atoms with Gasteiger partial charge in [-0.1, -0.05) is 60.3 Å². The minimum Gasteiger partial charge on any atom is -0.314 e. The molecule has 0 aliphatic heterocycles. The topological polar surface area (TPSA) is 12.0 Å². The van der Waals surface area contributed by atoms with Crippen LogP contribution in [0.5, 0.6) is 0 Å². The molecule has 0 rings (SSSR count). The van der Waals surface area contributed by atoms with Gasteiger partial charge in [0, 0.05) is 14.1 Å². The van der Waals surface area contributed by atoms with Gasteiger partial charge in [-0.15, -0.1) is 0 Å². The van der Waals surface area contributed by atoms with Crippen LogP contribution in [-0.2, 0) is 0 Å². The molecule has 0 radical (unpaired) electrons. The van der Waals surface area contributed by atoms with Crippen LogP contribution in [0, 0.1) is 11.3 Å². The van der Waals surface area contributed by atoms with E-state index in [4.69, 9.17) is 0 Å². The zero-order chi connectivity index (χ0) is 12.3. The highest BCUT2D eigenvalue weighted by atomic mass is 28.3. The Bertz CT molecular complexity index is 174. The molecule has 1 atom stereocenters. The van der Waals surface area contributed by atoms with E-state index in [2.05, 4.69) is 59.6 Å². The highest BCUT2D eigenvalue weighted by Gasteiger charge is 2.29. The maximum absolute atomic E-state index is 3.60. The fraction of sp³-hybridized carbons (Fsp3) is 1.00. The first-order chi connectivity index (χ1) is 6.52. The van der Waals surface area contributed by atoms with E-state index in [-0.39, 0.29) is 0 Å². The number of hydrogen-bond donors (Lipinski definition) is 1. The minimum absolute atomic E-state index is 0.433. The van der Waals surface area contributed by atoms with Crippen molar-refractivity contribution in [2.75, 3.05) is 6.54 Å². The van der Waals surface area contributed by atoms with Gasteiger partial charge in [-0.05, 0) is 17.9 Å². The fourth-order valence-electron chi connectivity index (χ4n) is 1.80. The van der Waals surface area contributed by atoms with Crippen LogP contribution in [0.25, 0.3) is 0 Å². The van der Waals surface area contributed by atoms with Crippen LogP contribution >= 0.6 is 0 Å². The van der Waals surface area contributed by atoms with Crippen LogP contribution in [0.2, 0.25) is 25.7 Å². The van der Waals surface area contributed by atoms with Crippen molar-refractivity contribution in [1.82, 2.24) is 5.32 Å². The number of nitrogens with one attached hydrogen (secondary N) is 1. The lowest BCUT2D eigenvalue weighted by Gasteiger charge is -2.35. The molecule has 0 fully saturated rings. The Kier molecular flexibility index (Phi) is 5.55. The molecule has 2 heteroatoms. The van der Waals surface area contributed by atoms with Gasteiger partial charge in [-0.2, -0.15) is 0 Å². The molecule has 0 aromatic carbocycles. The first-order valence-corrected chi connectivity index (χ1v) is 9.96. The zero-order valence-corrected chi connectivity index (χ0v) is 13.1. The Hall–Kier alpha value is 0.177. The fourth-order valence-corrected chi connectivity index (χ4v) is 4.04. The van der Waals surface area contributed by atoms with E-state index >= 15 is 0 Å². The van der Waals surface area contributed by atoms with Gasteiger partial charge in [-0.3, -0.25) is 0 Å². The van der Waals surface area contributed by atoms with E-state index in [0.717, 1.165) is 5.92 Å². The third-order valence-electron chi connectivity index (χ3n) is 2.86. The molecule has 0 heterocycles. The summed E-state index contributed by atoms with van der Waals surface area (Å²) in [5.74, 6) is 0.812. The molecule has 0 aliphatic carbocycles. The Morgan fingerprint density at radius 1 is 1.07 bits per heavy atom. The van der Waals surface area contributed by atoms with Crippen LogP contribution in [0.1, 0.15) is 34.6 Å². The second kappa shape index (κ2) is 5.49. The van der Waals surface area contributed by atoms with E-state index in [1.807, 2.05) is 0 Å². The molecule has 1 nitrogen and oxygen atoms in total. The average molecular weight is 229 g/mol. The second-order valence-corrected chi connectivity index (χ2v) is 12.9. The third-order valence-corrected chi connectivity index (χ3v) is 4.57. The van der Waals surface area contributed by atoms with Crippen molar-refractivity contribution in [1.29, 1.82) is 0 Å². The summed E-state index contributed by atoms with van der Waals surface area (Å²) < 4.78 is 0. The summed E-state index contributed by atoms with van der Waals surface area (Å²) in [5, 5.41) is 3.60. The monoisotopic (exact) mass is 229 g/mol. The summed E-state index contributed by atoms with van der Waals surface area (Å²) in [7, 11) is -0.942. The number of hydrogen-bond acceptors (Lipinski definition) is 1. The number of rotatable bonds is 5. The van der Waals surface area contributed by atoms with Crippen molar-refractivity contribution in [3.05, 3.63) is 0 Å². The molecule has 0 saturated carbocycles. The molecule has 0 spiro atoms. The van der Waals surface area contributed by atoms with Gasteiger partial charge < -0.3 is 5.32 Å². The van der Waals surface area contributed by atoms with E-state index in [1.54, 1.807) is 0 Å². The Morgan fingerprint density at radius 2 is 1.53 bits per heavy atom. The van der Waals surface area contributed by atoms with Crippen LogP contribution in [-0.4, -0.2) is 20.7 Å². The van der Waals surface area contributed by atoms with Crippen LogP contribution in [0.4, 0.5) is 0 Å². The summed E-state index contributed by atoms with van der Waals surface area (Å²) in [6.07, 6.45) is 0. The van der Waals surface area contributed by atoms with E-state index < -0.39 is 8.07 Å². The van der Waals surface area contributed by atoms with Crippen molar-refractivity contribution >= 4 is 8.07 Å². The van der Waals surface area contributed by atoms with Gasteiger partial charge in [0.1, 0.15) is 0 Å². The Balaban J connectivity index is 4.34.